The fraction of sp³-hybridized carbons (Fsp3) is 0.600. The molecule has 4 nitrogen and oxygen atoms in total. The van der Waals surface area contributed by atoms with E-state index in [0.717, 1.165) is 31.1 Å². The molecule has 0 atom stereocenters. The van der Waals surface area contributed by atoms with Gasteiger partial charge < -0.3 is 10.2 Å². The molecule has 19 heavy (non-hydrogen) atoms. The highest BCUT2D eigenvalue weighted by molar-refractivity contribution is 5.89. The van der Waals surface area contributed by atoms with Crippen molar-refractivity contribution in [3.63, 3.8) is 0 Å². The minimum Gasteiger partial charge on any atom is -0.370 e. The molecule has 1 N–H and O–H groups in total. The first-order valence-corrected chi connectivity index (χ1v) is 7.20. The molecule has 4 heteroatoms. The second-order valence-electron chi connectivity index (χ2n) is 5.37. The molecule has 0 aliphatic carbocycles. The van der Waals surface area contributed by atoms with Crippen LogP contribution in [0.15, 0.2) is 18.3 Å². The van der Waals surface area contributed by atoms with Crippen LogP contribution >= 0.6 is 0 Å². The molecule has 1 aromatic rings. The van der Waals surface area contributed by atoms with Gasteiger partial charge in [0.05, 0.1) is 11.9 Å². The first-order valence-electron chi connectivity index (χ1n) is 7.20. The van der Waals surface area contributed by atoms with Gasteiger partial charge in [-0.2, -0.15) is 0 Å². The zero-order valence-corrected chi connectivity index (χ0v) is 11.9. The van der Waals surface area contributed by atoms with Crippen molar-refractivity contribution in [3.8, 4) is 0 Å². The van der Waals surface area contributed by atoms with Gasteiger partial charge in [0.2, 0.25) is 5.91 Å². The molecule has 1 aliphatic heterocycles. The second kappa shape index (κ2) is 6.55. The first kappa shape index (κ1) is 13.8. The van der Waals surface area contributed by atoms with E-state index in [9.17, 15) is 4.79 Å². The third-order valence-corrected chi connectivity index (χ3v) is 3.64. The van der Waals surface area contributed by atoms with Crippen LogP contribution in [0.2, 0.25) is 0 Å². The fourth-order valence-electron chi connectivity index (χ4n) is 2.35. The smallest absolute Gasteiger partial charge is 0.225 e. The molecule has 0 spiro atoms. The molecule has 1 aliphatic rings. The lowest BCUT2D eigenvalue weighted by Gasteiger charge is -2.31. The monoisotopic (exact) mass is 261 g/mol. The summed E-state index contributed by atoms with van der Waals surface area (Å²) in [5, 5.41) is 2.81. The van der Waals surface area contributed by atoms with Gasteiger partial charge in [0.1, 0.15) is 5.82 Å². The van der Waals surface area contributed by atoms with E-state index >= 15 is 0 Å². The van der Waals surface area contributed by atoms with E-state index in [2.05, 4.69) is 22.1 Å². The Morgan fingerprint density at radius 2 is 2.16 bits per heavy atom. The molecule has 1 amide bonds. The van der Waals surface area contributed by atoms with Crippen molar-refractivity contribution in [2.45, 2.75) is 39.5 Å². The highest BCUT2D eigenvalue weighted by atomic mass is 16.1. The van der Waals surface area contributed by atoms with Gasteiger partial charge in [-0.25, -0.2) is 4.98 Å². The predicted octanol–water partition coefficient (Wildman–Crippen LogP) is 3.06. The lowest BCUT2D eigenvalue weighted by Crippen LogP contribution is -2.32. The van der Waals surface area contributed by atoms with E-state index in [0.29, 0.717) is 12.2 Å². The first-order chi connectivity index (χ1) is 9.19. The number of hydrogen-bond donors (Lipinski definition) is 1. The molecular formula is C15H23N3O. The Morgan fingerprint density at radius 3 is 2.74 bits per heavy atom. The van der Waals surface area contributed by atoms with Gasteiger partial charge in [-0.3, -0.25) is 4.79 Å². The Labute approximate surface area is 115 Å². The molecule has 0 aromatic carbocycles. The standard InChI is InChI=1S/C15H23N3O/c1-3-4-15(19)17-14-6-5-13(11-16-14)18-9-7-12(2)8-10-18/h5-6,11-12H,3-4,7-10H2,1-2H3,(H,16,17,19). The molecule has 2 rings (SSSR count). The lowest BCUT2D eigenvalue weighted by atomic mass is 9.99. The van der Waals surface area contributed by atoms with Crippen molar-refractivity contribution in [2.24, 2.45) is 5.92 Å². The number of nitrogens with zero attached hydrogens (tertiary/aromatic N) is 2. The molecule has 104 valence electrons. The van der Waals surface area contributed by atoms with Crippen molar-refractivity contribution >= 4 is 17.4 Å². The number of anilines is 2. The zero-order valence-electron chi connectivity index (χ0n) is 11.9. The van der Waals surface area contributed by atoms with Gasteiger partial charge in [0.25, 0.3) is 0 Å². The van der Waals surface area contributed by atoms with Crippen molar-refractivity contribution in [1.82, 2.24) is 4.98 Å². The number of nitrogens with one attached hydrogen (secondary N) is 1. The van der Waals surface area contributed by atoms with Crippen molar-refractivity contribution in [2.75, 3.05) is 23.3 Å². The van der Waals surface area contributed by atoms with Gasteiger partial charge >= 0.3 is 0 Å². The Hall–Kier alpha value is -1.58. The lowest BCUT2D eigenvalue weighted by molar-refractivity contribution is -0.116. The molecular weight excluding hydrogens is 238 g/mol. The predicted molar refractivity (Wildman–Crippen MR) is 78.4 cm³/mol. The number of amides is 1. The van der Waals surface area contributed by atoms with Crippen LogP contribution in [-0.4, -0.2) is 24.0 Å². The largest absolute Gasteiger partial charge is 0.370 e. The zero-order chi connectivity index (χ0) is 13.7. The molecule has 0 saturated carbocycles. The van der Waals surface area contributed by atoms with Crippen molar-refractivity contribution in [1.29, 1.82) is 0 Å². The second-order valence-corrected chi connectivity index (χ2v) is 5.37. The number of piperidine rings is 1. The van der Waals surface area contributed by atoms with Gasteiger partial charge in [0, 0.05) is 19.5 Å². The van der Waals surface area contributed by atoms with Crippen LogP contribution in [0.1, 0.15) is 39.5 Å². The summed E-state index contributed by atoms with van der Waals surface area (Å²) in [5.74, 6) is 1.51. The molecule has 0 unspecified atom stereocenters. The Bertz CT molecular complexity index is 408. The Kier molecular flexibility index (Phi) is 4.77. The van der Waals surface area contributed by atoms with Gasteiger partial charge in [-0.05, 0) is 37.3 Å². The van der Waals surface area contributed by atoms with Gasteiger partial charge in [-0.1, -0.05) is 13.8 Å². The molecule has 2 heterocycles. The van der Waals surface area contributed by atoms with Crippen LogP contribution in [0, 0.1) is 5.92 Å². The van der Waals surface area contributed by atoms with E-state index in [-0.39, 0.29) is 5.91 Å². The SMILES string of the molecule is CCCC(=O)Nc1ccc(N2CCC(C)CC2)cn1. The number of carbonyl (C=O) groups is 1. The van der Waals surface area contributed by atoms with E-state index in [1.165, 1.54) is 12.8 Å². The average molecular weight is 261 g/mol. The van der Waals surface area contributed by atoms with Gasteiger partial charge in [-0.15, -0.1) is 0 Å². The number of pyridine rings is 1. The summed E-state index contributed by atoms with van der Waals surface area (Å²) < 4.78 is 0. The van der Waals surface area contributed by atoms with Crippen molar-refractivity contribution < 1.29 is 4.79 Å². The summed E-state index contributed by atoms with van der Waals surface area (Å²) in [6.45, 7) is 6.50. The van der Waals surface area contributed by atoms with E-state index in [1.54, 1.807) is 0 Å². The van der Waals surface area contributed by atoms with Crippen LogP contribution in [0.3, 0.4) is 0 Å². The Morgan fingerprint density at radius 1 is 1.42 bits per heavy atom. The van der Waals surface area contributed by atoms with E-state index < -0.39 is 0 Å². The Balaban J connectivity index is 1.92. The quantitative estimate of drug-likeness (QED) is 0.906. The fourth-order valence-corrected chi connectivity index (χ4v) is 2.35. The molecule has 1 aromatic heterocycles. The van der Waals surface area contributed by atoms with Crippen LogP contribution < -0.4 is 10.2 Å². The average Bonchev–Trinajstić information content (AvgIpc) is 2.41. The summed E-state index contributed by atoms with van der Waals surface area (Å²) >= 11 is 0. The summed E-state index contributed by atoms with van der Waals surface area (Å²) in [6, 6.07) is 3.94. The summed E-state index contributed by atoms with van der Waals surface area (Å²) in [5.41, 5.74) is 1.15. The molecule has 1 saturated heterocycles. The minimum atomic E-state index is 0.0366. The van der Waals surface area contributed by atoms with E-state index in [4.69, 9.17) is 0 Å². The number of hydrogen-bond acceptors (Lipinski definition) is 3. The third-order valence-electron chi connectivity index (χ3n) is 3.64. The van der Waals surface area contributed by atoms with Gasteiger partial charge in [0.15, 0.2) is 0 Å². The minimum absolute atomic E-state index is 0.0366. The molecule has 0 bridgehead atoms. The normalized spacial score (nSPS) is 16.4. The van der Waals surface area contributed by atoms with E-state index in [1.807, 2.05) is 25.3 Å². The maximum atomic E-state index is 11.5. The maximum Gasteiger partial charge on any atom is 0.225 e. The number of aromatic nitrogens is 1. The summed E-state index contributed by atoms with van der Waals surface area (Å²) in [7, 11) is 0. The van der Waals surface area contributed by atoms with Crippen molar-refractivity contribution in [3.05, 3.63) is 18.3 Å². The summed E-state index contributed by atoms with van der Waals surface area (Å²) in [6.07, 6.45) is 5.75. The van der Waals surface area contributed by atoms with Crippen LogP contribution in [0.25, 0.3) is 0 Å². The number of rotatable bonds is 4. The molecule has 1 fully saturated rings. The van der Waals surface area contributed by atoms with Crippen LogP contribution in [-0.2, 0) is 4.79 Å². The molecule has 0 radical (unpaired) electrons. The third kappa shape index (κ3) is 3.94. The van der Waals surface area contributed by atoms with Crippen LogP contribution in [0.5, 0.6) is 0 Å². The highest BCUT2D eigenvalue weighted by Gasteiger charge is 2.16. The highest BCUT2D eigenvalue weighted by Crippen LogP contribution is 2.22. The summed E-state index contributed by atoms with van der Waals surface area (Å²) in [4.78, 5) is 18.2. The van der Waals surface area contributed by atoms with Crippen LogP contribution in [0.4, 0.5) is 11.5 Å². The number of carbonyl (C=O) groups excluding carboxylic acids is 1. The topological polar surface area (TPSA) is 45.2 Å². The maximum absolute atomic E-state index is 11.5.